The predicted octanol–water partition coefficient (Wildman–Crippen LogP) is 2.90. The molecule has 3 rings (SSSR count). The maximum absolute atomic E-state index is 12.2. The van der Waals surface area contributed by atoms with Crippen LogP contribution in [0.25, 0.3) is 11.4 Å². The lowest BCUT2D eigenvalue weighted by Gasteiger charge is -2.13. The van der Waals surface area contributed by atoms with Crippen molar-refractivity contribution in [2.24, 2.45) is 5.92 Å². The number of hydrogen-bond donors (Lipinski definition) is 1. The second-order valence-electron chi connectivity index (χ2n) is 5.98. The summed E-state index contributed by atoms with van der Waals surface area (Å²) in [4.78, 5) is 20.7. The van der Waals surface area contributed by atoms with Crippen LogP contribution in [0, 0.1) is 5.92 Å². The minimum Gasteiger partial charge on any atom is -0.478 e. The van der Waals surface area contributed by atoms with E-state index in [1.165, 1.54) is 0 Å². The van der Waals surface area contributed by atoms with Gasteiger partial charge in [0.15, 0.2) is 0 Å². The molecule has 24 heavy (non-hydrogen) atoms. The lowest BCUT2D eigenvalue weighted by molar-refractivity contribution is -0.125. The van der Waals surface area contributed by atoms with E-state index in [9.17, 15) is 4.79 Å². The van der Waals surface area contributed by atoms with E-state index in [0.29, 0.717) is 24.2 Å². The molecule has 1 fully saturated rings. The molecule has 0 saturated heterocycles. The molecule has 0 radical (unpaired) electrons. The van der Waals surface area contributed by atoms with E-state index in [1.807, 2.05) is 13.8 Å². The highest BCUT2D eigenvalue weighted by Gasteiger charge is 2.25. The molecule has 2 aromatic heterocycles. The summed E-state index contributed by atoms with van der Waals surface area (Å²) in [6.07, 6.45) is 5.82. The number of carbonyl (C=O) groups is 1. The first kappa shape index (κ1) is 16.4. The number of pyridine rings is 1. The van der Waals surface area contributed by atoms with Gasteiger partial charge in [-0.15, -0.1) is 0 Å². The second-order valence-corrected chi connectivity index (χ2v) is 5.98. The van der Waals surface area contributed by atoms with Crippen molar-refractivity contribution in [3.05, 3.63) is 24.2 Å². The lowest BCUT2D eigenvalue weighted by atomic mass is 10.1. The van der Waals surface area contributed by atoms with Crippen LogP contribution in [0.15, 0.2) is 22.9 Å². The number of hydrogen-bond acceptors (Lipinski definition) is 6. The van der Waals surface area contributed by atoms with E-state index in [-0.39, 0.29) is 17.9 Å². The highest BCUT2D eigenvalue weighted by Crippen LogP contribution is 2.26. The van der Waals surface area contributed by atoms with E-state index in [0.717, 1.165) is 31.2 Å². The first-order valence-corrected chi connectivity index (χ1v) is 8.40. The second kappa shape index (κ2) is 7.42. The zero-order valence-electron chi connectivity index (χ0n) is 14.0. The number of carbonyl (C=O) groups excluding carboxylic acids is 1. The standard InChI is InChI=1S/C17H22N4O3/c1-3-23-14-10-13(8-9-18-14)15-20-17(24-21-15)11(2)19-16(22)12-6-4-5-7-12/h8-12H,3-7H2,1-2H3,(H,19,22). The molecule has 7 nitrogen and oxygen atoms in total. The van der Waals surface area contributed by atoms with Crippen LogP contribution in [0.3, 0.4) is 0 Å². The summed E-state index contributed by atoms with van der Waals surface area (Å²) in [5.74, 6) is 1.55. The summed E-state index contributed by atoms with van der Waals surface area (Å²) >= 11 is 0. The highest BCUT2D eigenvalue weighted by molar-refractivity contribution is 5.79. The van der Waals surface area contributed by atoms with Crippen LogP contribution in [0.2, 0.25) is 0 Å². The Morgan fingerprint density at radius 3 is 3.00 bits per heavy atom. The van der Waals surface area contributed by atoms with Gasteiger partial charge < -0.3 is 14.6 Å². The van der Waals surface area contributed by atoms with Gasteiger partial charge in [0.2, 0.25) is 23.5 Å². The summed E-state index contributed by atoms with van der Waals surface area (Å²) < 4.78 is 10.7. The Kier molecular flexibility index (Phi) is 5.08. The molecule has 1 saturated carbocycles. The normalized spacial score (nSPS) is 16.1. The first-order valence-electron chi connectivity index (χ1n) is 8.40. The van der Waals surface area contributed by atoms with Crippen LogP contribution in [0.4, 0.5) is 0 Å². The molecule has 1 aliphatic rings. The van der Waals surface area contributed by atoms with Gasteiger partial charge in [-0.05, 0) is 32.8 Å². The Morgan fingerprint density at radius 2 is 2.25 bits per heavy atom. The number of rotatable bonds is 6. The molecule has 0 aromatic carbocycles. The molecule has 1 atom stereocenters. The SMILES string of the molecule is CCOc1cc(-c2noc(C(C)NC(=O)C3CCCC3)n2)ccn1. The molecule has 128 valence electrons. The minimum atomic E-state index is -0.312. The fourth-order valence-corrected chi connectivity index (χ4v) is 2.88. The third-order valence-electron chi connectivity index (χ3n) is 4.18. The van der Waals surface area contributed by atoms with Gasteiger partial charge in [0.1, 0.15) is 6.04 Å². The maximum Gasteiger partial charge on any atom is 0.249 e. The molecular weight excluding hydrogens is 308 g/mol. The fourth-order valence-electron chi connectivity index (χ4n) is 2.88. The largest absolute Gasteiger partial charge is 0.478 e. The Balaban J connectivity index is 1.68. The lowest BCUT2D eigenvalue weighted by Crippen LogP contribution is -2.31. The summed E-state index contributed by atoms with van der Waals surface area (Å²) in [5.41, 5.74) is 0.762. The molecule has 1 N–H and O–H groups in total. The van der Waals surface area contributed by atoms with Crippen LogP contribution in [-0.2, 0) is 4.79 Å². The molecule has 1 unspecified atom stereocenters. The van der Waals surface area contributed by atoms with Crippen molar-refractivity contribution in [1.29, 1.82) is 0 Å². The highest BCUT2D eigenvalue weighted by atomic mass is 16.5. The number of nitrogens with zero attached hydrogens (tertiary/aromatic N) is 3. The predicted molar refractivity (Wildman–Crippen MR) is 87.2 cm³/mol. The van der Waals surface area contributed by atoms with E-state index in [2.05, 4.69) is 20.4 Å². The van der Waals surface area contributed by atoms with Crippen molar-refractivity contribution in [2.45, 2.75) is 45.6 Å². The van der Waals surface area contributed by atoms with Gasteiger partial charge in [0.05, 0.1) is 6.61 Å². The van der Waals surface area contributed by atoms with Crippen LogP contribution in [-0.4, -0.2) is 27.6 Å². The van der Waals surface area contributed by atoms with Gasteiger partial charge in [0, 0.05) is 23.7 Å². The van der Waals surface area contributed by atoms with Crippen molar-refractivity contribution < 1.29 is 14.1 Å². The summed E-state index contributed by atoms with van der Waals surface area (Å²) in [7, 11) is 0. The molecule has 1 amide bonds. The maximum atomic E-state index is 12.2. The van der Waals surface area contributed by atoms with Gasteiger partial charge in [-0.25, -0.2) is 4.98 Å². The van der Waals surface area contributed by atoms with Crippen LogP contribution in [0.5, 0.6) is 5.88 Å². The van der Waals surface area contributed by atoms with Crippen LogP contribution in [0.1, 0.15) is 51.5 Å². The fraction of sp³-hybridized carbons (Fsp3) is 0.529. The average Bonchev–Trinajstić information content (AvgIpc) is 3.27. The summed E-state index contributed by atoms with van der Waals surface area (Å²) in [6.45, 7) is 4.29. The van der Waals surface area contributed by atoms with E-state index >= 15 is 0 Å². The number of amides is 1. The molecule has 1 aliphatic carbocycles. The summed E-state index contributed by atoms with van der Waals surface area (Å²) in [6, 6.07) is 3.24. The van der Waals surface area contributed by atoms with E-state index in [4.69, 9.17) is 9.26 Å². The van der Waals surface area contributed by atoms with Gasteiger partial charge in [-0.2, -0.15) is 4.98 Å². The van der Waals surface area contributed by atoms with E-state index in [1.54, 1.807) is 18.3 Å². The Bertz CT molecular complexity index is 695. The van der Waals surface area contributed by atoms with Crippen molar-refractivity contribution in [3.8, 4) is 17.3 Å². The molecule has 2 heterocycles. The topological polar surface area (TPSA) is 90.1 Å². The Morgan fingerprint density at radius 1 is 1.46 bits per heavy atom. The number of nitrogens with one attached hydrogen (secondary N) is 1. The Hall–Kier alpha value is -2.44. The smallest absolute Gasteiger partial charge is 0.249 e. The zero-order valence-corrected chi connectivity index (χ0v) is 14.0. The molecule has 2 aromatic rings. The van der Waals surface area contributed by atoms with Gasteiger partial charge >= 0.3 is 0 Å². The Labute approximate surface area is 140 Å². The summed E-state index contributed by atoms with van der Waals surface area (Å²) in [5, 5.41) is 6.96. The van der Waals surface area contributed by atoms with Crippen molar-refractivity contribution in [2.75, 3.05) is 6.61 Å². The average molecular weight is 330 g/mol. The third kappa shape index (κ3) is 3.72. The molecule has 0 aliphatic heterocycles. The molecular formula is C17H22N4O3. The first-order chi connectivity index (χ1) is 11.7. The molecule has 0 spiro atoms. The van der Waals surface area contributed by atoms with Gasteiger partial charge in [0.25, 0.3) is 0 Å². The number of ether oxygens (including phenoxy) is 1. The van der Waals surface area contributed by atoms with Crippen LogP contribution < -0.4 is 10.1 Å². The molecule has 7 heteroatoms. The van der Waals surface area contributed by atoms with Crippen LogP contribution >= 0.6 is 0 Å². The molecule has 0 bridgehead atoms. The monoisotopic (exact) mass is 330 g/mol. The number of aromatic nitrogens is 3. The van der Waals surface area contributed by atoms with E-state index < -0.39 is 0 Å². The van der Waals surface area contributed by atoms with Crippen molar-refractivity contribution >= 4 is 5.91 Å². The van der Waals surface area contributed by atoms with Gasteiger partial charge in [-0.3, -0.25) is 4.79 Å². The quantitative estimate of drug-likeness (QED) is 0.876. The minimum absolute atomic E-state index is 0.0716. The zero-order chi connectivity index (χ0) is 16.9. The van der Waals surface area contributed by atoms with Crippen molar-refractivity contribution in [1.82, 2.24) is 20.4 Å². The van der Waals surface area contributed by atoms with Crippen molar-refractivity contribution in [3.63, 3.8) is 0 Å². The third-order valence-corrected chi connectivity index (χ3v) is 4.18. The van der Waals surface area contributed by atoms with Gasteiger partial charge in [-0.1, -0.05) is 18.0 Å².